The molecule has 0 saturated heterocycles. The molecule has 0 radical (unpaired) electrons. The van der Waals surface area contributed by atoms with Crippen molar-refractivity contribution in [2.45, 2.75) is 13.5 Å². The quantitative estimate of drug-likeness (QED) is 0.284. The Hall–Kier alpha value is -3.81. The van der Waals surface area contributed by atoms with Crippen LogP contribution in [-0.2, 0) is 11.3 Å². The number of esters is 1. The molecule has 8 heteroatoms. The number of hydrogen-bond donors (Lipinski definition) is 0. The zero-order chi connectivity index (χ0) is 23.8. The van der Waals surface area contributed by atoms with Crippen LogP contribution in [0, 0.1) is 6.92 Å². The molecule has 2 heterocycles. The minimum Gasteiger partial charge on any atom is -0.497 e. The number of fused-ring (bicyclic) bond motifs is 2. The standard InChI is InChI=1S/C26H19ClO7/c1-14-21(34-26(29)15-3-5-19(30-2)6-4-15)8-7-20-23(28)22(33-24(14)20)11-16-9-18(27)10-17-12-31-13-32-25(16)17/h3-11H,12-13H2,1-2H3/b22-11-. The molecule has 3 aromatic rings. The summed E-state index contributed by atoms with van der Waals surface area (Å²) in [6.45, 7) is 2.21. The van der Waals surface area contributed by atoms with Crippen molar-refractivity contribution in [3.05, 3.63) is 87.1 Å². The number of Topliss-reactive ketones (excluding diaryl/α,β-unsaturated/α-hetero) is 1. The van der Waals surface area contributed by atoms with Gasteiger partial charge in [-0.1, -0.05) is 11.6 Å². The largest absolute Gasteiger partial charge is 0.497 e. The van der Waals surface area contributed by atoms with Gasteiger partial charge in [0.1, 0.15) is 23.0 Å². The highest BCUT2D eigenvalue weighted by Gasteiger charge is 2.31. The summed E-state index contributed by atoms with van der Waals surface area (Å²) in [6.07, 6.45) is 1.60. The van der Waals surface area contributed by atoms with Crippen molar-refractivity contribution in [1.82, 2.24) is 0 Å². The third-order valence-corrected chi connectivity index (χ3v) is 5.77. The van der Waals surface area contributed by atoms with Crippen molar-refractivity contribution >= 4 is 29.4 Å². The SMILES string of the molecule is COc1ccc(C(=O)Oc2ccc3c(c2C)O/C(=C\c2cc(Cl)cc4c2OCOC4)C3=O)cc1. The third-order valence-electron chi connectivity index (χ3n) is 5.56. The number of carbonyl (C=O) groups excluding carboxylic acids is 2. The highest BCUT2D eigenvalue weighted by molar-refractivity contribution is 6.31. The molecule has 0 atom stereocenters. The highest BCUT2D eigenvalue weighted by atomic mass is 35.5. The summed E-state index contributed by atoms with van der Waals surface area (Å²) < 4.78 is 27.5. The molecule has 0 fully saturated rings. The number of methoxy groups -OCH3 is 1. The van der Waals surface area contributed by atoms with E-state index in [1.165, 1.54) is 0 Å². The highest BCUT2D eigenvalue weighted by Crippen LogP contribution is 2.41. The van der Waals surface area contributed by atoms with Crippen LogP contribution in [0.25, 0.3) is 6.08 Å². The first-order valence-corrected chi connectivity index (χ1v) is 10.8. The first-order valence-electron chi connectivity index (χ1n) is 10.4. The van der Waals surface area contributed by atoms with Crippen molar-refractivity contribution in [1.29, 1.82) is 0 Å². The van der Waals surface area contributed by atoms with Gasteiger partial charge in [0, 0.05) is 21.7 Å². The van der Waals surface area contributed by atoms with Gasteiger partial charge >= 0.3 is 5.97 Å². The number of ether oxygens (including phenoxy) is 5. The smallest absolute Gasteiger partial charge is 0.343 e. The van der Waals surface area contributed by atoms with Gasteiger partial charge in [0.05, 0.1) is 24.8 Å². The van der Waals surface area contributed by atoms with Crippen molar-refractivity contribution in [3.63, 3.8) is 0 Å². The molecule has 2 aliphatic rings. The van der Waals surface area contributed by atoms with Gasteiger partial charge < -0.3 is 23.7 Å². The Kier molecular flexibility index (Phi) is 5.73. The van der Waals surface area contributed by atoms with Gasteiger partial charge in [0.25, 0.3) is 0 Å². The zero-order valence-corrected chi connectivity index (χ0v) is 19.1. The Balaban J connectivity index is 1.43. The average molecular weight is 479 g/mol. The molecular weight excluding hydrogens is 460 g/mol. The van der Waals surface area contributed by atoms with Gasteiger partial charge in [-0.05, 0) is 61.5 Å². The number of allylic oxidation sites excluding steroid dienone is 1. The Morgan fingerprint density at radius 2 is 1.88 bits per heavy atom. The van der Waals surface area contributed by atoms with Crippen molar-refractivity contribution in [3.8, 4) is 23.0 Å². The Bertz CT molecular complexity index is 1340. The first kappa shape index (κ1) is 22.0. The van der Waals surface area contributed by atoms with E-state index in [4.69, 9.17) is 35.3 Å². The lowest BCUT2D eigenvalue weighted by Gasteiger charge is -2.20. The lowest BCUT2D eigenvalue weighted by molar-refractivity contribution is -0.0165. The fourth-order valence-electron chi connectivity index (χ4n) is 3.82. The Labute approximate surface area is 200 Å². The maximum atomic E-state index is 13.0. The fourth-order valence-corrected chi connectivity index (χ4v) is 4.07. The Morgan fingerprint density at radius 3 is 2.65 bits per heavy atom. The number of benzene rings is 3. The molecule has 3 aromatic carbocycles. The monoisotopic (exact) mass is 478 g/mol. The summed E-state index contributed by atoms with van der Waals surface area (Å²) >= 11 is 6.23. The number of rotatable bonds is 4. The van der Waals surface area contributed by atoms with Crippen LogP contribution in [0.2, 0.25) is 5.02 Å². The second kappa shape index (κ2) is 8.85. The van der Waals surface area contributed by atoms with E-state index in [0.717, 1.165) is 5.56 Å². The molecule has 0 N–H and O–H groups in total. The third kappa shape index (κ3) is 4.00. The van der Waals surface area contributed by atoms with E-state index in [0.29, 0.717) is 56.9 Å². The van der Waals surface area contributed by atoms with Crippen LogP contribution < -0.4 is 18.9 Å². The summed E-state index contributed by atoms with van der Waals surface area (Å²) in [7, 11) is 1.55. The van der Waals surface area contributed by atoms with Crippen LogP contribution in [0.5, 0.6) is 23.0 Å². The Morgan fingerprint density at radius 1 is 1.09 bits per heavy atom. The normalized spacial score (nSPS) is 15.3. The van der Waals surface area contributed by atoms with E-state index in [2.05, 4.69) is 0 Å². The van der Waals surface area contributed by atoms with Crippen molar-refractivity contribution in [2.24, 2.45) is 0 Å². The molecule has 0 amide bonds. The number of ketones is 1. The average Bonchev–Trinajstić information content (AvgIpc) is 3.16. The van der Waals surface area contributed by atoms with Crippen LogP contribution in [0.4, 0.5) is 0 Å². The lowest BCUT2D eigenvalue weighted by atomic mass is 10.0. The summed E-state index contributed by atoms with van der Waals surface area (Å²) in [5, 5.41) is 0.492. The number of carbonyl (C=O) groups is 2. The van der Waals surface area contributed by atoms with Crippen LogP contribution in [0.3, 0.4) is 0 Å². The molecule has 0 spiro atoms. The molecular formula is C26H19ClO7. The molecule has 0 unspecified atom stereocenters. The molecule has 2 aliphatic heterocycles. The van der Waals surface area contributed by atoms with Gasteiger partial charge in [-0.2, -0.15) is 0 Å². The first-order chi connectivity index (χ1) is 16.4. The van der Waals surface area contributed by atoms with E-state index in [1.807, 2.05) is 0 Å². The molecule has 5 rings (SSSR count). The topological polar surface area (TPSA) is 80.3 Å². The summed E-state index contributed by atoms with van der Waals surface area (Å²) in [6, 6.07) is 13.2. The molecule has 34 heavy (non-hydrogen) atoms. The fraction of sp³-hybridized carbons (Fsp3) is 0.154. The van der Waals surface area contributed by atoms with Crippen LogP contribution in [-0.4, -0.2) is 25.7 Å². The van der Waals surface area contributed by atoms with E-state index in [1.54, 1.807) is 68.6 Å². The minimum atomic E-state index is -0.532. The maximum absolute atomic E-state index is 13.0. The van der Waals surface area contributed by atoms with Crippen molar-refractivity contribution in [2.75, 3.05) is 13.9 Å². The summed E-state index contributed by atoms with van der Waals surface area (Å²) in [5.74, 6) is 1.18. The zero-order valence-electron chi connectivity index (χ0n) is 18.3. The van der Waals surface area contributed by atoms with Gasteiger partial charge in [-0.3, -0.25) is 4.79 Å². The maximum Gasteiger partial charge on any atom is 0.343 e. The van der Waals surface area contributed by atoms with E-state index >= 15 is 0 Å². The van der Waals surface area contributed by atoms with Crippen molar-refractivity contribution < 1.29 is 33.3 Å². The van der Waals surface area contributed by atoms with E-state index < -0.39 is 5.97 Å². The molecule has 0 aliphatic carbocycles. The summed E-state index contributed by atoms with van der Waals surface area (Å²) in [5.41, 5.74) is 2.69. The summed E-state index contributed by atoms with van der Waals surface area (Å²) in [4.78, 5) is 25.6. The molecule has 0 saturated carbocycles. The van der Waals surface area contributed by atoms with Gasteiger partial charge in [-0.25, -0.2) is 4.79 Å². The van der Waals surface area contributed by atoms with E-state index in [-0.39, 0.29) is 18.3 Å². The molecule has 0 bridgehead atoms. The van der Waals surface area contributed by atoms with Crippen LogP contribution in [0.15, 0.2) is 54.3 Å². The van der Waals surface area contributed by atoms with Gasteiger partial charge in [0.15, 0.2) is 12.6 Å². The van der Waals surface area contributed by atoms with Crippen LogP contribution in [0.1, 0.15) is 37.4 Å². The molecule has 172 valence electrons. The molecule has 0 aromatic heterocycles. The van der Waals surface area contributed by atoms with Crippen LogP contribution >= 0.6 is 11.6 Å². The second-order valence-corrected chi connectivity index (χ2v) is 8.15. The predicted octanol–water partition coefficient (Wildman–Crippen LogP) is 5.36. The lowest BCUT2D eigenvalue weighted by Crippen LogP contribution is -2.12. The second-order valence-electron chi connectivity index (χ2n) is 7.72. The molecule has 7 nitrogen and oxygen atoms in total. The number of hydrogen-bond acceptors (Lipinski definition) is 7. The van der Waals surface area contributed by atoms with Gasteiger partial charge in [0.2, 0.25) is 5.78 Å². The van der Waals surface area contributed by atoms with Gasteiger partial charge in [-0.15, -0.1) is 0 Å². The number of halogens is 1. The minimum absolute atomic E-state index is 0.113. The van der Waals surface area contributed by atoms with E-state index in [9.17, 15) is 9.59 Å². The predicted molar refractivity (Wildman–Crippen MR) is 124 cm³/mol.